The van der Waals surface area contributed by atoms with Crippen LogP contribution in [0.25, 0.3) is 0 Å². The molecule has 0 aromatic heterocycles. The monoisotopic (exact) mass is 183 g/mol. The number of rotatable bonds is 4. The minimum atomic E-state index is 0.516. The van der Waals surface area contributed by atoms with E-state index in [9.17, 15) is 4.79 Å². The summed E-state index contributed by atoms with van der Waals surface area (Å²) in [6.45, 7) is 2.56. The zero-order valence-electron chi connectivity index (χ0n) is 7.78. The molecule has 0 aliphatic carbocycles. The summed E-state index contributed by atoms with van der Waals surface area (Å²) in [6, 6.07) is 0.516. The number of aldehydes is 1. The van der Waals surface area contributed by atoms with Crippen LogP contribution in [0.15, 0.2) is 12.4 Å². The zero-order chi connectivity index (χ0) is 9.52. The van der Waals surface area contributed by atoms with E-state index in [2.05, 4.69) is 10.2 Å². The maximum Gasteiger partial charge on any atom is 0.133 e. The molecule has 0 amide bonds. The molecule has 1 aliphatic heterocycles. The molecule has 4 heteroatoms. The van der Waals surface area contributed by atoms with Gasteiger partial charge in [0.2, 0.25) is 0 Å². The predicted molar refractivity (Wildman–Crippen MR) is 52.0 cm³/mol. The summed E-state index contributed by atoms with van der Waals surface area (Å²) in [6.07, 6.45) is 6.42. The lowest BCUT2D eigenvalue weighted by atomic mass is 10.1. The van der Waals surface area contributed by atoms with E-state index in [0.717, 1.165) is 32.2 Å². The molecule has 1 rings (SSSR count). The van der Waals surface area contributed by atoms with Crippen LogP contribution >= 0.6 is 0 Å². The van der Waals surface area contributed by atoms with Crippen LogP contribution in [0, 0.1) is 0 Å². The molecule has 0 bridgehead atoms. The van der Waals surface area contributed by atoms with Crippen LogP contribution in [-0.4, -0.2) is 36.9 Å². The average molecular weight is 183 g/mol. The van der Waals surface area contributed by atoms with Gasteiger partial charge in [0.25, 0.3) is 0 Å². The van der Waals surface area contributed by atoms with Crippen molar-refractivity contribution in [1.82, 2.24) is 10.2 Å². The highest BCUT2D eigenvalue weighted by Gasteiger charge is 2.16. The zero-order valence-corrected chi connectivity index (χ0v) is 7.78. The number of hydrogen-bond donors (Lipinski definition) is 2. The normalized spacial score (nSPS) is 20.6. The first kappa shape index (κ1) is 10.1. The molecule has 0 atom stereocenters. The number of hydrogen-bond acceptors (Lipinski definition) is 4. The molecule has 1 heterocycles. The summed E-state index contributed by atoms with van der Waals surface area (Å²) in [5.74, 6) is 0. The van der Waals surface area contributed by atoms with Crippen LogP contribution in [0.4, 0.5) is 0 Å². The van der Waals surface area contributed by atoms with Crippen molar-refractivity contribution in [2.75, 3.05) is 19.6 Å². The fraction of sp³-hybridized carbons (Fsp3) is 0.667. The van der Waals surface area contributed by atoms with Crippen molar-refractivity contribution in [1.29, 1.82) is 0 Å². The number of nitrogens with one attached hydrogen (secondary N) is 1. The first-order chi connectivity index (χ1) is 6.36. The number of nitrogens with zero attached hydrogens (tertiary/aromatic N) is 1. The van der Waals surface area contributed by atoms with Crippen molar-refractivity contribution in [2.45, 2.75) is 18.9 Å². The lowest BCUT2D eigenvalue weighted by Crippen LogP contribution is -2.41. The Kier molecular flexibility index (Phi) is 4.32. The van der Waals surface area contributed by atoms with E-state index in [4.69, 9.17) is 5.73 Å². The SMILES string of the molecule is N/C=C/NC1CCN(CC=O)CC1. The van der Waals surface area contributed by atoms with Crippen molar-refractivity contribution < 1.29 is 4.79 Å². The van der Waals surface area contributed by atoms with E-state index in [0.29, 0.717) is 12.6 Å². The number of piperidine rings is 1. The van der Waals surface area contributed by atoms with Gasteiger partial charge < -0.3 is 15.8 Å². The molecule has 0 aromatic carbocycles. The maximum absolute atomic E-state index is 10.2. The Morgan fingerprint density at radius 1 is 1.46 bits per heavy atom. The van der Waals surface area contributed by atoms with Gasteiger partial charge in [0.05, 0.1) is 6.54 Å². The van der Waals surface area contributed by atoms with Gasteiger partial charge in [-0.2, -0.15) is 0 Å². The molecular weight excluding hydrogens is 166 g/mol. The van der Waals surface area contributed by atoms with Crippen molar-refractivity contribution in [3.63, 3.8) is 0 Å². The highest BCUT2D eigenvalue weighted by molar-refractivity contribution is 5.51. The fourth-order valence-electron chi connectivity index (χ4n) is 1.58. The van der Waals surface area contributed by atoms with Gasteiger partial charge in [-0.25, -0.2) is 0 Å². The van der Waals surface area contributed by atoms with Crippen LogP contribution in [0.1, 0.15) is 12.8 Å². The minimum absolute atomic E-state index is 0.516. The van der Waals surface area contributed by atoms with Gasteiger partial charge in [-0.1, -0.05) is 0 Å². The van der Waals surface area contributed by atoms with Crippen LogP contribution in [0.3, 0.4) is 0 Å². The molecule has 13 heavy (non-hydrogen) atoms. The first-order valence-electron chi connectivity index (χ1n) is 4.65. The van der Waals surface area contributed by atoms with E-state index in [-0.39, 0.29) is 0 Å². The molecular formula is C9H17N3O. The average Bonchev–Trinajstić information content (AvgIpc) is 2.17. The molecule has 74 valence electrons. The Morgan fingerprint density at radius 2 is 2.15 bits per heavy atom. The lowest BCUT2D eigenvalue weighted by Gasteiger charge is -2.30. The summed E-state index contributed by atoms with van der Waals surface area (Å²) in [7, 11) is 0. The molecule has 0 radical (unpaired) electrons. The Balaban J connectivity index is 2.18. The molecule has 3 N–H and O–H groups in total. The molecule has 4 nitrogen and oxygen atoms in total. The van der Waals surface area contributed by atoms with Gasteiger partial charge in [-0.15, -0.1) is 0 Å². The second-order valence-electron chi connectivity index (χ2n) is 3.27. The largest absolute Gasteiger partial charge is 0.403 e. The third kappa shape index (κ3) is 3.46. The molecule has 0 unspecified atom stereocenters. The van der Waals surface area contributed by atoms with Crippen LogP contribution in [0.5, 0.6) is 0 Å². The summed E-state index contributed by atoms with van der Waals surface area (Å²) >= 11 is 0. The third-order valence-corrected chi connectivity index (χ3v) is 2.35. The highest BCUT2D eigenvalue weighted by Crippen LogP contribution is 2.08. The van der Waals surface area contributed by atoms with Crippen molar-refractivity contribution >= 4 is 6.29 Å². The number of likely N-dealkylation sites (tertiary alicyclic amines) is 1. The molecule has 1 aliphatic rings. The maximum atomic E-state index is 10.2. The summed E-state index contributed by atoms with van der Waals surface area (Å²) in [5, 5.41) is 3.21. The Labute approximate surface area is 78.8 Å². The topological polar surface area (TPSA) is 58.4 Å². The Hall–Kier alpha value is -1.03. The van der Waals surface area contributed by atoms with Crippen LogP contribution in [0.2, 0.25) is 0 Å². The quantitative estimate of drug-likeness (QED) is 0.586. The molecule has 1 saturated heterocycles. The standard InChI is InChI=1S/C9H17N3O/c10-3-4-11-9-1-5-12(6-2-9)7-8-13/h3-4,8-9,11H,1-2,5-7,10H2/b4-3+. The summed E-state index contributed by atoms with van der Waals surface area (Å²) in [4.78, 5) is 12.4. The van der Waals surface area contributed by atoms with Crippen molar-refractivity contribution in [3.05, 3.63) is 12.4 Å². The molecule has 1 fully saturated rings. The Morgan fingerprint density at radius 3 is 2.69 bits per heavy atom. The van der Waals surface area contributed by atoms with Gasteiger partial charge in [-0.05, 0) is 12.8 Å². The number of carbonyl (C=O) groups excluding carboxylic acids is 1. The van der Waals surface area contributed by atoms with Gasteiger partial charge in [0.15, 0.2) is 0 Å². The van der Waals surface area contributed by atoms with Gasteiger partial charge >= 0.3 is 0 Å². The van der Waals surface area contributed by atoms with Gasteiger partial charge in [0, 0.05) is 31.5 Å². The van der Waals surface area contributed by atoms with E-state index in [1.165, 1.54) is 6.20 Å². The smallest absolute Gasteiger partial charge is 0.133 e. The second kappa shape index (κ2) is 5.59. The summed E-state index contributed by atoms with van der Waals surface area (Å²) < 4.78 is 0. The second-order valence-corrected chi connectivity index (χ2v) is 3.27. The molecule has 0 spiro atoms. The Bertz CT molecular complexity index is 174. The van der Waals surface area contributed by atoms with Gasteiger partial charge in [0.1, 0.15) is 6.29 Å². The van der Waals surface area contributed by atoms with E-state index in [1.807, 2.05) is 0 Å². The predicted octanol–water partition coefficient (Wildman–Crippen LogP) is -0.331. The fourth-order valence-corrected chi connectivity index (χ4v) is 1.58. The number of carbonyl (C=O) groups is 1. The van der Waals surface area contributed by atoms with E-state index >= 15 is 0 Å². The number of nitrogens with two attached hydrogens (primary N) is 1. The molecule has 0 saturated carbocycles. The lowest BCUT2D eigenvalue weighted by molar-refractivity contribution is -0.109. The van der Waals surface area contributed by atoms with E-state index in [1.54, 1.807) is 6.20 Å². The van der Waals surface area contributed by atoms with E-state index < -0.39 is 0 Å². The van der Waals surface area contributed by atoms with Crippen molar-refractivity contribution in [3.8, 4) is 0 Å². The summed E-state index contributed by atoms with van der Waals surface area (Å²) in [5.41, 5.74) is 5.22. The van der Waals surface area contributed by atoms with Crippen molar-refractivity contribution in [2.24, 2.45) is 5.73 Å². The van der Waals surface area contributed by atoms with Gasteiger partial charge in [-0.3, -0.25) is 4.90 Å². The third-order valence-electron chi connectivity index (χ3n) is 2.35. The van der Waals surface area contributed by atoms with Crippen LogP contribution in [-0.2, 0) is 4.79 Å². The highest BCUT2D eigenvalue weighted by atomic mass is 16.1. The molecule has 0 aromatic rings. The minimum Gasteiger partial charge on any atom is -0.403 e. The van der Waals surface area contributed by atoms with Crippen LogP contribution < -0.4 is 11.1 Å². The first-order valence-corrected chi connectivity index (χ1v) is 4.65.